The summed E-state index contributed by atoms with van der Waals surface area (Å²) in [4.78, 5) is 12.8. The van der Waals surface area contributed by atoms with E-state index in [1.807, 2.05) is 30.3 Å². The van der Waals surface area contributed by atoms with Crippen LogP contribution >= 0.6 is 27.5 Å². The SMILES string of the molecule is COc1cc(/C=C2/C(=O)N(c3ccccc3)N=C2C)c(Br)c(Cl)c1O. The van der Waals surface area contributed by atoms with Crippen molar-refractivity contribution in [1.29, 1.82) is 0 Å². The molecule has 0 atom stereocenters. The van der Waals surface area contributed by atoms with Gasteiger partial charge in [-0.15, -0.1) is 0 Å². The van der Waals surface area contributed by atoms with E-state index in [1.165, 1.54) is 12.1 Å². The number of methoxy groups -OCH3 is 1. The molecule has 0 bridgehead atoms. The molecule has 2 aromatic carbocycles. The quantitative estimate of drug-likeness (QED) is 0.735. The lowest BCUT2D eigenvalue weighted by Gasteiger charge is -2.12. The third-order valence-electron chi connectivity index (χ3n) is 3.76. The van der Waals surface area contributed by atoms with E-state index >= 15 is 0 Å². The van der Waals surface area contributed by atoms with Crippen molar-refractivity contribution in [3.05, 3.63) is 57.0 Å². The second kappa shape index (κ2) is 6.90. The second-order valence-corrected chi connectivity index (χ2v) is 6.51. The number of phenolic OH excluding ortho intramolecular Hbond substituents is 1. The van der Waals surface area contributed by atoms with Gasteiger partial charge in [-0.3, -0.25) is 4.79 Å². The fraction of sp³-hybridized carbons (Fsp3) is 0.111. The smallest absolute Gasteiger partial charge is 0.280 e. The molecule has 0 spiro atoms. The number of ether oxygens (including phenoxy) is 1. The summed E-state index contributed by atoms with van der Waals surface area (Å²) in [6.45, 7) is 1.76. The number of anilines is 1. The molecule has 0 saturated heterocycles. The van der Waals surface area contributed by atoms with E-state index in [0.29, 0.717) is 27.0 Å². The van der Waals surface area contributed by atoms with Gasteiger partial charge < -0.3 is 9.84 Å². The van der Waals surface area contributed by atoms with E-state index in [1.54, 1.807) is 19.1 Å². The maximum Gasteiger partial charge on any atom is 0.280 e. The highest BCUT2D eigenvalue weighted by Crippen LogP contribution is 2.42. The lowest BCUT2D eigenvalue weighted by Crippen LogP contribution is -2.21. The van der Waals surface area contributed by atoms with E-state index < -0.39 is 0 Å². The van der Waals surface area contributed by atoms with Crippen molar-refractivity contribution in [2.75, 3.05) is 12.1 Å². The summed E-state index contributed by atoms with van der Waals surface area (Å²) in [7, 11) is 1.43. The number of hydrogen-bond donors (Lipinski definition) is 1. The van der Waals surface area contributed by atoms with Gasteiger partial charge in [0.2, 0.25) is 0 Å². The molecular weight excluding hydrogens is 408 g/mol. The molecule has 1 amide bonds. The Morgan fingerprint density at radius 2 is 2.00 bits per heavy atom. The molecule has 0 unspecified atom stereocenters. The second-order valence-electron chi connectivity index (χ2n) is 5.34. The molecule has 0 aromatic heterocycles. The molecule has 0 fully saturated rings. The van der Waals surface area contributed by atoms with Gasteiger partial charge >= 0.3 is 0 Å². The monoisotopic (exact) mass is 420 g/mol. The van der Waals surface area contributed by atoms with Crippen LogP contribution < -0.4 is 9.75 Å². The summed E-state index contributed by atoms with van der Waals surface area (Å²) in [5.74, 6) is -0.175. The number of rotatable bonds is 3. The molecule has 25 heavy (non-hydrogen) atoms. The number of benzene rings is 2. The van der Waals surface area contributed by atoms with Crippen LogP contribution in [0.2, 0.25) is 5.02 Å². The molecule has 0 radical (unpaired) electrons. The number of para-hydroxylation sites is 1. The summed E-state index contributed by atoms with van der Waals surface area (Å²) in [6, 6.07) is 10.8. The minimum Gasteiger partial charge on any atom is -0.503 e. The summed E-state index contributed by atoms with van der Waals surface area (Å²) >= 11 is 9.46. The van der Waals surface area contributed by atoms with Crippen LogP contribution in [0.4, 0.5) is 5.69 Å². The number of hydrogen-bond acceptors (Lipinski definition) is 4. The third-order valence-corrected chi connectivity index (χ3v) is 5.21. The molecule has 1 aliphatic rings. The number of carbonyl (C=O) groups excluding carboxylic acids is 1. The summed E-state index contributed by atoms with van der Waals surface area (Å²) in [6.07, 6.45) is 1.67. The van der Waals surface area contributed by atoms with E-state index in [9.17, 15) is 9.90 Å². The van der Waals surface area contributed by atoms with Gasteiger partial charge in [-0.05, 0) is 52.7 Å². The molecule has 7 heteroatoms. The highest BCUT2D eigenvalue weighted by Gasteiger charge is 2.29. The minimum absolute atomic E-state index is 0.117. The van der Waals surface area contributed by atoms with Crippen LogP contribution in [0.25, 0.3) is 6.08 Å². The molecule has 1 aliphatic heterocycles. The van der Waals surface area contributed by atoms with Gasteiger partial charge in [0, 0.05) is 4.47 Å². The van der Waals surface area contributed by atoms with E-state index in [2.05, 4.69) is 21.0 Å². The highest BCUT2D eigenvalue weighted by molar-refractivity contribution is 9.10. The highest BCUT2D eigenvalue weighted by atomic mass is 79.9. The Kier molecular flexibility index (Phi) is 4.83. The first kappa shape index (κ1) is 17.5. The van der Waals surface area contributed by atoms with Crippen LogP contribution in [0.5, 0.6) is 11.5 Å². The van der Waals surface area contributed by atoms with Crippen LogP contribution in [0.15, 0.2) is 51.5 Å². The van der Waals surface area contributed by atoms with Crippen molar-refractivity contribution in [3.63, 3.8) is 0 Å². The average molecular weight is 422 g/mol. The molecule has 0 saturated carbocycles. The zero-order chi connectivity index (χ0) is 18.1. The standard InChI is InChI=1S/C18H14BrClN2O3/c1-10-13(18(24)22(21-10)12-6-4-3-5-7-12)8-11-9-14(25-2)17(23)16(20)15(11)19/h3-9,23H,1-2H3/b13-8+. The van der Waals surface area contributed by atoms with Crippen molar-refractivity contribution < 1.29 is 14.6 Å². The van der Waals surface area contributed by atoms with E-state index in [4.69, 9.17) is 16.3 Å². The van der Waals surface area contributed by atoms with Crippen molar-refractivity contribution in [3.8, 4) is 11.5 Å². The van der Waals surface area contributed by atoms with Gasteiger partial charge in [-0.1, -0.05) is 29.8 Å². The Morgan fingerprint density at radius 3 is 2.64 bits per heavy atom. The topological polar surface area (TPSA) is 62.1 Å². The van der Waals surface area contributed by atoms with Crippen LogP contribution in [0.3, 0.4) is 0 Å². The Labute approximate surface area is 158 Å². The molecule has 5 nitrogen and oxygen atoms in total. The number of phenols is 1. The maximum absolute atomic E-state index is 12.8. The average Bonchev–Trinajstić information content (AvgIpc) is 2.91. The molecular formula is C18H14BrClN2O3. The zero-order valence-electron chi connectivity index (χ0n) is 13.5. The molecule has 2 aromatic rings. The van der Waals surface area contributed by atoms with Gasteiger partial charge in [-0.25, -0.2) is 0 Å². The van der Waals surface area contributed by atoms with E-state index in [0.717, 1.165) is 0 Å². The number of hydrazone groups is 1. The lowest BCUT2D eigenvalue weighted by molar-refractivity contribution is -0.114. The van der Waals surface area contributed by atoms with Gasteiger partial charge in [0.25, 0.3) is 5.91 Å². The molecule has 0 aliphatic carbocycles. The summed E-state index contributed by atoms with van der Waals surface area (Å²) in [5.41, 5.74) is 2.32. The number of amides is 1. The van der Waals surface area contributed by atoms with Crippen LogP contribution in [-0.2, 0) is 4.79 Å². The fourth-order valence-electron chi connectivity index (χ4n) is 2.46. The van der Waals surface area contributed by atoms with Crippen LogP contribution in [0.1, 0.15) is 12.5 Å². The van der Waals surface area contributed by atoms with Gasteiger partial charge in [-0.2, -0.15) is 10.1 Å². The molecule has 128 valence electrons. The molecule has 3 rings (SSSR count). The number of halogens is 2. The molecule has 1 heterocycles. The van der Waals surface area contributed by atoms with Crippen LogP contribution in [0, 0.1) is 0 Å². The van der Waals surface area contributed by atoms with Gasteiger partial charge in [0.1, 0.15) is 5.02 Å². The maximum atomic E-state index is 12.8. The zero-order valence-corrected chi connectivity index (χ0v) is 15.8. The van der Waals surface area contributed by atoms with Crippen molar-refractivity contribution in [2.45, 2.75) is 6.92 Å². The Morgan fingerprint density at radius 1 is 1.32 bits per heavy atom. The Balaban J connectivity index is 2.05. The summed E-state index contributed by atoms with van der Waals surface area (Å²) in [5, 5.41) is 15.8. The van der Waals surface area contributed by atoms with Crippen molar-refractivity contribution >= 4 is 50.9 Å². The van der Waals surface area contributed by atoms with Gasteiger partial charge in [0.05, 0.1) is 24.1 Å². The first-order valence-corrected chi connectivity index (χ1v) is 8.53. The predicted molar refractivity (Wildman–Crippen MR) is 102 cm³/mol. The number of nitrogens with zero attached hydrogens (tertiary/aromatic N) is 2. The van der Waals surface area contributed by atoms with E-state index in [-0.39, 0.29) is 22.4 Å². The first-order valence-electron chi connectivity index (χ1n) is 7.35. The first-order chi connectivity index (χ1) is 11.9. The van der Waals surface area contributed by atoms with Crippen molar-refractivity contribution in [1.82, 2.24) is 0 Å². The predicted octanol–water partition coefficient (Wildman–Crippen LogP) is 4.62. The fourth-order valence-corrected chi connectivity index (χ4v) is 3.08. The van der Waals surface area contributed by atoms with Crippen molar-refractivity contribution in [2.24, 2.45) is 5.10 Å². The Hall–Kier alpha value is -2.31. The normalized spacial score (nSPS) is 15.7. The number of carbonyl (C=O) groups is 1. The third kappa shape index (κ3) is 3.15. The summed E-state index contributed by atoms with van der Waals surface area (Å²) < 4.78 is 5.59. The number of aromatic hydroxyl groups is 1. The lowest BCUT2D eigenvalue weighted by atomic mass is 10.1. The van der Waals surface area contributed by atoms with Gasteiger partial charge in [0.15, 0.2) is 11.5 Å². The largest absolute Gasteiger partial charge is 0.503 e. The Bertz CT molecular complexity index is 910. The van der Waals surface area contributed by atoms with Crippen LogP contribution in [-0.4, -0.2) is 23.8 Å². The molecule has 1 N–H and O–H groups in total. The minimum atomic E-state index is -0.237.